The third-order valence-corrected chi connectivity index (χ3v) is 2.29. The van der Waals surface area contributed by atoms with Gasteiger partial charge in [-0.2, -0.15) is 13.2 Å². The summed E-state index contributed by atoms with van der Waals surface area (Å²) in [6.07, 6.45) is -3.44. The fourth-order valence-corrected chi connectivity index (χ4v) is 1.42. The summed E-state index contributed by atoms with van der Waals surface area (Å²) in [6, 6.07) is 9.40. The molecule has 0 saturated carbocycles. The van der Waals surface area contributed by atoms with Gasteiger partial charge in [0, 0.05) is 6.20 Å². The molecule has 94 valence electrons. The van der Waals surface area contributed by atoms with Crippen molar-refractivity contribution < 1.29 is 17.9 Å². The van der Waals surface area contributed by atoms with Gasteiger partial charge in [-0.3, -0.25) is 0 Å². The van der Waals surface area contributed by atoms with Crippen molar-refractivity contribution in [2.24, 2.45) is 0 Å². The first-order chi connectivity index (χ1) is 8.47. The quantitative estimate of drug-likeness (QED) is 0.800. The monoisotopic (exact) mass is 253 g/mol. The van der Waals surface area contributed by atoms with Crippen LogP contribution in [-0.2, 0) is 6.18 Å². The minimum absolute atomic E-state index is 0.297. The number of rotatable bonds is 2. The second kappa shape index (κ2) is 4.68. The van der Waals surface area contributed by atoms with Crippen molar-refractivity contribution in [2.75, 3.05) is 0 Å². The Kier molecular flexibility index (Phi) is 3.23. The van der Waals surface area contributed by atoms with Crippen molar-refractivity contribution >= 4 is 0 Å². The van der Waals surface area contributed by atoms with E-state index in [4.69, 9.17) is 4.74 Å². The van der Waals surface area contributed by atoms with Crippen LogP contribution < -0.4 is 4.74 Å². The Hall–Kier alpha value is -2.04. The van der Waals surface area contributed by atoms with Gasteiger partial charge in [-0.05, 0) is 31.2 Å². The molecular formula is C13H10F3NO. The van der Waals surface area contributed by atoms with E-state index < -0.39 is 11.9 Å². The van der Waals surface area contributed by atoms with Gasteiger partial charge in [-0.25, -0.2) is 4.98 Å². The average molecular weight is 253 g/mol. The topological polar surface area (TPSA) is 22.1 Å². The van der Waals surface area contributed by atoms with E-state index >= 15 is 0 Å². The van der Waals surface area contributed by atoms with Crippen molar-refractivity contribution in [2.45, 2.75) is 13.1 Å². The molecule has 0 bridgehead atoms. The Balaban J connectivity index is 2.32. The number of benzene rings is 1. The standard InChI is InChI=1S/C13H10F3NO/c1-9-4-6-10(7-5-9)18-11-3-2-8-17-12(11)13(14,15)16/h2-8H,1H3. The molecule has 5 heteroatoms. The summed E-state index contributed by atoms with van der Waals surface area (Å²) < 4.78 is 43.2. The molecule has 0 saturated heterocycles. The van der Waals surface area contributed by atoms with Crippen LogP contribution in [-0.4, -0.2) is 4.98 Å². The van der Waals surface area contributed by atoms with E-state index in [1.54, 1.807) is 24.3 Å². The number of hydrogen-bond donors (Lipinski definition) is 0. The molecule has 2 rings (SSSR count). The third kappa shape index (κ3) is 2.80. The molecule has 0 aliphatic heterocycles. The fourth-order valence-electron chi connectivity index (χ4n) is 1.42. The highest BCUT2D eigenvalue weighted by Gasteiger charge is 2.36. The zero-order valence-corrected chi connectivity index (χ0v) is 9.53. The summed E-state index contributed by atoms with van der Waals surface area (Å²) >= 11 is 0. The van der Waals surface area contributed by atoms with Crippen LogP contribution in [0.15, 0.2) is 42.6 Å². The molecule has 1 aromatic heterocycles. The van der Waals surface area contributed by atoms with E-state index in [-0.39, 0.29) is 5.75 Å². The summed E-state index contributed by atoms with van der Waals surface area (Å²) in [5.74, 6) is 0.0490. The lowest BCUT2D eigenvalue weighted by molar-refractivity contribution is -0.142. The Morgan fingerprint density at radius 3 is 2.33 bits per heavy atom. The number of halogens is 3. The van der Waals surface area contributed by atoms with Crippen LogP contribution in [0, 0.1) is 6.92 Å². The summed E-state index contributed by atoms with van der Waals surface area (Å²) in [4.78, 5) is 3.31. The summed E-state index contributed by atoms with van der Waals surface area (Å²) in [5, 5.41) is 0. The predicted molar refractivity (Wildman–Crippen MR) is 60.5 cm³/mol. The summed E-state index contributed by atoms with van der Waals surface area (Å²) in [6.45, 7) is 1.88. The van der Waals surface area contributed by atoms with Crippen LogP contribution in [0.2, 0.25) is 0 Å². The first-order valence-corrected chi connectivity index (χ1v) is 5.23. The number of nitrogens with zero attached hydrogens (tertiary/aromatic N) is 1. The normalized spacial score (nSPS) is 11.3. The van der Waals surface area contributed by atoms with Crippen molar-refractivity contribution in [1.29, 1.82) is 0 Å². The van der Waals surface area contributed by atoms with Crippen LogP contribution in [0.3, 0.4) is 0 Å². The zero-order valence-electron chi connectivity index (χ0n) is 9.53. The van der Waals surface area contributed by atoms with Gasteiger partial charge in [0.1, 0.15) is 5.75 Å². The molecule has 0 amide bonds. The number of ether oxygens (including phenoxy) is 1. The lowest BCUT2D eigenvalue weighted by Crippen LogP contribution is -2.09. The number of aryl methyl sites for hydroxylation is 1. The Morgan fingerprint density at radius 1 is 1.06 bits per heavy atom. The molecule has 0 aliphatic rings. The molecule has 2 nitrogen and oxygen atoms in total. The van der Waals surface area contributed by atoms with E-state index in [0.717, 1.165) is 11.8 Å². The molecule has 1 heterocycles. The van der Waals surface area contributed by atoms with Crippen molar-refractivity contribution in [3.63, 3.8) is 0 Å². The zero-order chi connectivity index (χ0) is 13.2. The summed E-state index contributed by atoms with van der Waals surface area (Å²) in [5.41, 5.74) is -0.0184. The SMILES string of the molecule is Cc1ccc(Oc2cccnc2C(F)(F)F)cc1. The molecule has 0 atom stereocenters. The smallest absolute Gasteiger partial charge is 0.437 e. The minimum Gasteiger partial charge on any atom is -0.455 e. The van der Waals surface area contributed by atoms with Gasteiger partial charge < -0.3 is 4.74 Å². The van der Waals surface area contributed by atoms with Crippen LogP contribution in [0.5, 0.6) is 11.5 Å². The van der Waals surface area contributed by atoms with Gasteiger partial charge in [-0.1, -0.05) is 17.7 Å². The third-order valence-electron chi connectivity index (χ3n) is 2.29. The predicted octanol–water partition coefficient (Wildman–Crippen LogP) is 4.20. The first kappa shape index (κ1) is 12.4. The van der Waals surface area contributed by atoms with Gasteiger partial charge in [0.25, 0.3) is 0 Å². The highest BCUT2D eigenvalue weighted by molar-refractivity contribution is 5.36. The van der Waals surface area contributed by atoms with E-state index in [9.17, 15) is 13.2 Å². The molecule has 0 aliphatic carbocycles. The largest absolute Gasteiger partial charge is 0.455 e. The first-order valence-electron chi connectivity index (χ1n) is 5.23. The molecule has 0 N–H and O–H groups in total. The number of hydrogen-bond acceptors (Lipinski definition) is 2. The van der Waals surface area contributed by atoms with Gasteiger partial charge in [-0.15, -0.1) is 0 Å². The van der Waals surface area contributed by atoms with Crippen LogP contribution >= 0.6 is 0 Å². The van der Waals surface area contributed by atoms with E-state index in [2.05, 4.69) is 4.98 Å². The van der Waals surface area contributed by atoms with Gasteiger partial charge in [0.05, 0.1) is 0 Å². The fraction of sp³-hybridized carbons (Fsp3) is 0.154. The summed E-state index contributed by atoms with van der Waals surface area (Å²) in [7, 11) is 0. The highest BCUT2D eigenvalue weighted by Crippen LogP contribution is 2.36. The molecular weight excluding hydrogens is 243 g/mol. The molecule has 0 spiro atoms. The van der Waals surface area contributed by atoms with Gasteiger partial charge >= 0.3 is 6.18 Å². The number of aromatic nitrogens is 1. The molecule has 0 unspecified atom stereocenters. The Labute approximate surface area is 102 Å². The maximum atomic E-state index is 12.7. The van der Waals surface area contributed by atoms with Crippen LogP contribution in [0.25, 0.3) is 0 Å². The van der Waals surface area contributed by atoms with Crippen molar-refractivity contribution in [3.8, 4) is 11.5 Å². The molecule has 0 fully saturated rings. The number of alkyl halides is 3. The van der Waals surface area contributed by atoms with Gasteiger partial charge in [0.2, 0.25) is 0 Å². The van der Waals surface area contributed by atoms with E-state index in [1.165, 1.54) is 12.1 Å². The van der Waals surface area contributed by atoms with Crippen molar-refractivity contribution in [1.82, 2.24) is 4.98 Å². The van der Waals surface area contributed by atoms with Crippen LogP contribution in [0.1, 0.15) is 11.3 Å². The lowest BCUT2D eigenvalue weighted by atomic mass is 10.2. The Morgan fingerprint density at radius 2 is 1.72 bits per heavy atom. The minimum atomic E-state index is -4.53. The lowest BCUT2D eigenvalue weighted by Gasteiger charge is -2.12. The molecule has 0 radical (unpaired) electrons. The second-order valence-corrected chi connectivity index (χ2v) is 3.76. The molecule has 18 heavy (non-hydrogen) atoms. The maximum Gasteiger partial charge on any atom is 0.437 e. The van der Waals surface area contributed by atoms with Gasteiger partial charge in [0.15, 0.2) is 11.4 Å². The molecule has 2 aromatic rings. The highest BCUT2D eigenvalue weighted by atomic mass is 19.4. The number of pyridine rings is 1. The van der Waals surface area contributed by atoms with E-state index in [0.29, 0.717) is 5.75 Å². The molecule has 1 aromatic carbocycles. The maximum absolute atomic E-state index is 12.7. The van der Waals surface area contributed by atoms with E-state index in [1.807, 2.05) is 6.92 Å². The second-order valence-electron chi connectivity index (χ2n) is 3.76. The average Bonchev–Trinajstić information content (AvgIpc) is 2.31. The Bertz CT molecular complexity index is 535. The van der Waals surface area contributed by atoms with Crippen molar-refractivity contribution in [3.05, 3.63) is 53.9 Å². The van der Waals surface area contributed by atoms with Crippen LogP contribution in [0.4, 0.5) is 13.2 Å².